The second-order valence-corrected chi connectivity index (χ2v) is 9.65. The van der Waals surface area contributed by atoms with Crippen LogP contribution in [0.2, 0.25) is 0 Å². The largest absolute Gasteiger partial charge is 0.365 e. The van der Waals surface area contributed by atoms with Crippen LogP contribution >= 0.6 is 11.3 Å². The van der Waals surface area contributed by atoms with Crippen molar-refractivity contribution >= 4 is 32.2 Å². The van der Waals surface area contributed by atoms with E-state index in [2.05, 4.69) is 33.8 Å². The number of nitrogens with one attached hydrogen (secondary N) is 2. The van der Waals surface area contributed by atoms with Gasteiger partial charge in [-0.15, -0.1) is 11.3 Å². The number of hydrogen-bond acceptors (Lipinski definition) is 5. The SMILES string of the molecule is CCCCCCC#Cc1ccc(S(=O)(=O)Nc2cccc(-c3csc(NC)n3)c2)cc1. The highest BCUT2D eigenvalue weighted by atomic mass is 32.2. The smallest absolute Gasteiger partial charge is 0.261 e. The number of thiazole rings is 1. The van der Waals surface area contributed by atoms with Crippen molar-refractivity contribution in [3.63, 3.8) is 0 Å². The molecule has 31 heavy (non-hydrogen) atoms. The van der Waals surface area contributed by atoms with Gasteiger partial charge in [0.1, 0.15) is 0 Å². The third-order valence-electron chi connectivity index (χ3n) is 4.68. The van der Waals surface area contributed by atoms with Gasteiger partial charge in [-0.05, 0) is 42.8 Å². The van der Waals surface area contributed by atoms with Crippen molar-refractivity contribution in [1.82, 2.24) is 4.98 Å². The molecule has 0 aliphatic carbocycles. The quantitative estimate of drug-likeness (QED) is 0.309. The molecule has 0 spiro atoms. The van der Waals surface area contributed by atoms with Gasteiger partial charge < -0.3 is 5.32 Å². The van der Waals surface area contributed by atoms with Crippen LogP contribution in [-0.2, 0) is 10.0 Å². The van der Waals surface area contributed by atoms with Gasteiger partial charge in [-0.25, -0.2) is 13.4 Å². The van der Waals surface area contributed by atoms with E-state index in [1.165, 1.54) is 30.6 Å². The lowest BCUT2D eigenvalue weighted by Gasteiger charge is -2.09. The molecule has 0 atom stereocenters. The highest BCUT2D eigenvalue weighted by molar-refractivity contribution is 7.92. The standard InChI is InChI=1S/C24H27N3O2S2/c1-3-4-5-6-7-8-10-19-13-15-22(16-14-19)31(28,29)27-21-12-9-11-20(17-21)23-18-30-24(25-2)26-23/h9,11-18,27H,3-7H2,1-2H3,(H,25,26). The van der Waals surface area contributed by atoms with Gasteiger partial charge in [-0.3, -0.25) is 4.72 Å². The minimum absolute atomic E-state index is 0.206. The molecule has 3 aromatic rings. The van der Waals surface area contributed by atoms with E-state index in [0.29, 0.717) is 5.69 Å². The normalized spacial score (nSPS) is 10.9. The summed E-state index contributed by atoms with van der Waals surface area (Å²) in [6.07, 6.45) is 5.63. The van der Waals surface area contributed by atoms with Crippen LogP contribution in [-0.4, -0.2) is 20.4 Å². The van der Waals surface area contributed by atoms with Gasteiger partial charge in [0.05, 0.1) is 10.6 Å². The Labute approximate surface area is 189 Å². The van der Waals surface area contributed by atoms with Gasteiger partial charge >= 0.3 is 0 Å². The van der Waals surface area contributed by atoms with Gasteiger partial charge in [-0.1, -0.05) is 50.2 Å². The Kier molecular flexibility index (Phi) is 8.10. The molecular weight excluding hydrogens is 426 g/mol. The topological polar surface area (TPSA) is 71.1 Å². The summed E-state index contributed by atoms with van der Waals surface area (Å²) in [5, 5.41) is 5.75. The number of anilines is 2. The number of nitrogens with zero attached hydrogens (tertiary/aromatic N) is 1. The number of rotatable bonds is 9. The van der Waals surface area contributed by atoms with Crippen molar-refractivity contribution in [2.45, 2.75) is 43.9 Å². The Morgan fingerprint density at radius 3 is 2.58 bits per heavy atom. The van der Waals surface area contributed by atoms with E-state index >= 15 is 0 Å². The van der Waals surface area contributed by atoms with Crippen LogP contribution in [0, 0.1) is 11.8 Å². The number of unbranched alkanes of at least 4 members (excludes halogenated alkanes) is 4. The maximum absolute atomic E-state index is 12.8. The lowest BCUT2D eigenvalue weighted by Crippen LogP contribution is -2.12. The van der Waals surface area contributed by atoms with Crippen molar-refractivity contribution < 1.29 is 8.42 Å². The van der Waals surface area contributed by atoms with Gasteiger partial charge in [0.15, 0.2) is 5.13 Å². The Hall–Kier alpha value is -2.82. The molecule has 3 rings (SSSR count). The fourth-order valence-corrected chi connectivity index (χ4v) is 4.73. The zero-order valence-corrected chi connectivity index (χ0v) is 19.4. The minimum atomic E-state index is -3.69. The number of benzene rings is 2. The Bertz CT molecular complexity index is 1160. The molecule has 1 heterocycles. The Morgan fingerprint density at radius 1 is 1.06 bits per heavy atom. The lowest BCUT2D eigenvalue weighted by molar-refractivity contribution is 0.601. The Morgan fingerprint density at radius 2 is 1.87 bits per heavy atom. The predicted molar refractivity (Wildman–Crippen MR) is 130 cm³/mol. The summed E-state index contributed by atoms with van der Waals surface area (Å²) in [5.74, 6) is 6.27. The summed E-state index contributed by atoms with van der Waals surface area (Å²) in [5.41, 5.74) is 2.96. The van der Waals surface area contributed by atoms with Crippen LogP contribution < -0.4 is 10.0 Å². The molecule has 1 aromatic heterocycles. The van der Waals surface area contributed by atoms with E-state index in [4.69, 9.17) is 0 Å². The minimum Gasteiger partial charge on any atom is -0.365 e. The van der Waals surface area contributed by atoms with E-state index in [9.17, 15) is 8.42 Å². The molecule has 0 aliphatic heterocycles. The highest BCUT2D eigenvalue weighted by Gasteiger charge is 2.14. The molecule has 2 aromatic carbocycles. The summed E-state index contributed by atoms with van der Waals surface area (Å²) in [6.45, 7) is 2.19. The molecule has 0 amide bonds. The molecule has 0 unspecified atom stereocenters. The number of hydrogen-bond donors (Lipinski definition) is 2. The van der Waals surface area contributed by atoms with Crippen molar-refractivity contribution in [2.75, 3.05) is 17.1 Å². The highest BCUT2D eigenvalue weighted by Crippen LogP contribution is 2.27. The van der Waals surface area contributed by atoms with Crippen molar-refractivity contribution in [2.24, 2.45) is 0 Å². The summed E-state index contributed by atoms with van der Waals surface area (Å²) < 4.78 is 28.3. The predicted octanol–water partition coefficient (Wildman–Crippen LogP) is 5.97. The molecule has 7 heteroatoms. The maximum atomic E-state index is 12.8. The van der Waals surface area contributed by atoms with Crippen molar-refractivity contribution in [3.8, 4) is 23.1 Å². The first-order chi connectivity index (χ1) is 15.0. The van der Waals surface area contributed by atoms with E-state index in [-0.39, 0.29) is 4.90 Å². The number of aromatic nitrogens is 1. The average molecular weight is 454 g/mol. The van der Waals surface area contributed by atoms with Gasteiger partial charge in [-0.2, -0.15) is 0 Å². The van der Waals surface area contributed by atoms with E-state index in [1.807, 2.05) is 24.6 Å². The summed E-state index contributed by atoms with van der Waals surface area (Å²) in [7, 11) is -1.88. The van der Waals surface area contributed by atoms with Crippen LogP contribution in [0.5, 0.6) is 0 Å². The first kappa shape index (κ1) is 22.9. The summed E-state index contributed by atoms with van der Waals surface area (Å²) in [4.78, 5) is 4.67. The molecule has 0 radical (unpaired) electrons. The van der Waals surface area contributed by atoms with E-state index in [0.717, 1.165) is 34.8 Å². The van der Waals surface area contributed by atoms with Gasteiger partial charge in [0.25, 0.3) is 10.0 Å². The van der Waals surface area contributed by atoms with Gasteiger partial charge in [0.2, 0.25) is 0 Å². The zero-order chi connectivity index (χ0) is 22.1. The first-order valence-electron chi connectivity index (χ1n) is 10.4. The van der Waals surface area contributed by atoms with Crippen LogP contribution in [0.1, 0.15) is 44.6 Å². The second-order valence-electron chi connectivity index (χ2n) is 7.11. The van der Waals surface area contributed by atoms with Gasteiger partial charge in [0, 0.05) is 35.7 Å². The first-order valence-corrected chi connectivity index (χ1v) is 12.7. The van der Waals surface area contributed by atoms with Crippen LogP contribution in [0.3, 0.4) is 0 Å². The molecule has 0 bridgehead atoms. The summed E-state index contributed by atoms with van der Waals surface area (Å²) >= 11 is 1.50. The van der Waals surface area contributed by atoms with Crippen LogP contribution in [0.25, 0.3) is 11.3 Å². The fraction of sp³-hybridized carbons (Fsp3) is 0.292. The molecule has 5 nitrogen and oxygen atoms in total. The van der Waals surface area contributed by atoms with E-state index < -0.39 is 10.0 Å². The maximum Gasteiger partial charge on any atom is 0.261 e. The molecule has 162 valence electrons. The van der Waals surface area contributed by atoms with Crippen LogP contribution in [0.4, 0.5) is 10.8 Å². The monoisotopic (exact) mass is 453 g/mol. The molecule has 0 saturated carbocycles. The molecule has 0 fully saturated rings. The molecule has 2 N–H and O–H groups in total. The number of sulfonamides is 1. The molecule has 0 saturated heterocycles. The van der Waals surface area contributed by atoms with Crippen molar-refractivity contribution in [1.29, 1.82) is 0 Å². The molecule has 0 aliphatic rings. The lowest BCUT2D eigenvalue weighted by atomic mass is 10.1. The fourth-order valence-electron chi connectivity index (χ4n) is 3.00. The third-order valence-corrected chi connectivity index (χ3v) is 6.94. The Balaban J connectivity index is 1.67. The zero-order valence-electron chi connectivity index (χ0n) is 17.8. The average Bonchev–Trinajstić information content (AvgIpc) is 3.26. The van der Waals surface area contributed by atoms with Crippen molar-refractivity contribution in [3.05, 3.63) is 59.5 Å². The van der Waals surface area contributed by atoms with E-state index in [1.54, 1.807) is 36.4 Å². The third kappa shape index (κ3) is 6.58. The van der Waals surface area contributed by atoms with Crippen LogP contribution in [0.15, 0.2) is 58.8 Å². The summed E-state index contributed by atoms with van der Waals surface area (Å²) in [6, 6.07) is 13.9. The molecular formula is C24H27N3O2S2. The second kappa shape index (κ2) is 11.0.